The van der Waals surface area contributed by atoms with Crippen molar-refractivity contribution in [3.63, 3.8) is 0 Å². The van der Waals surface area contributed by atoms with Crippen molar-refractivity contribution in [3.05, 3.63) is 54.6 Å². The van der Waals surface area contributed by atoms with Crippen LogP contribution in [0.2, 0.25) is 0 Å². The molecule has 0 fully saturated rings. The molecule has 0 aliphatic carbocycles. The Bertz CT molecular complexity index is 569. The predicted molar refractivity (Wildman–Crippen MR) is 90.2 cm³/mol. The van der Waals surface area contributed by atoms with Gasteiger partial charge in [-0.15, -0.1) is 0 Å². The van der Waals surface area contributed by atoms with Crippen LogP contribution in [-0.2, 0) is 16.0 Å². The van der Waals surface area contributed by atoms with Crippen molar-refractivity contribution in [3.8, 4) is 0 Å². The first-order valence-electron chi connectivity index (χ1n) is 8.01. The van der Waals surface area contributed by atoms with E-state index in [1.165, 1.54) is 5.56 Å². The smallest absolute Gasteiger partial charge is 0.245 e. The maximum Gasteiger partial charge on any atom is 0.245 e. The zero-order valence-electron chi connectivity index (χ0n) is 13.9. The van der Waals surface area contributed by atoms with Gasteiger partial charge in [0.2, 0.25) is 5.91 Å². The Morgan fingerprint density at radius 2 is 2.09 bits per heavy atom. The standard InChI is InChI=1S/C18H25N3O2/c1-16(21-12-10-19-15-21)18(22)20(13-14-23-2)11-6-9-17-7-4-3-5-8-17/h3-5,7-8,10,12,15-16H,6,9,11,13-14H2,1-2H3/t16-/m1/s1. The molecule has 1 amide bonds. The van der Waals surface area contributed by atoms with Crippen LogP contribution in [0.15, 0.2) is 49.1 Å². The summed E-state index contributed by atoms with van der Waals surface area (Å²) in [5.41, 5.74) is 1.30. The van der Waals surface area contributed by atoms with Gasteiger partial charge in [0.15, 0.2) is 0 Å². The van der Waals surface area contributed by atoms with Gasteiger partial charge < -0.3 is 14.2 Å². The summed E-state index contributed by atoms with van der Waals surface area (Å²) in [7, 11) is 1.66. The lowest BCUT2D eigenvalue weighted by Gasteiger charge is -2.26. The molecule has 0 saturated carbocycles. The van der Waals surface area contributed by atoms with Gasteiger partial charge in [0.25, 0.3) is 0 Å². The van der Waals surface area contributed by atoms with Crippen LogP contribution in [0.4, 0.5) is 0 Å². The third-order valence-electron chi connectivity index (χ3n) is 3.94. The Hall–Kier alpha value is -2.14. The van der Waals surface area contributed by atoms with E-state index >= 15 is 0 Å². The number of carbonyl (C=O) groups excluding carboxylic acids is 1. The van der Waals surface area contributed by atoms with Gasteiger partial charge in [-0.05, 0) is 25.3 Å². The zero-order valence-corrected chi connectivity index (χ0v) is 13.9. The van der Waals surface area contributed by atoms with E-state index < -0.39 is 0 Å². The highest BCUT2D eigenvalue weighted by molar-refractivity contribution is 5.80. The van der Waals surface area contributed by atoms with E-state index in [0.717, 1.165) is 19.4 Å². The highest BCUT2D eigenvalue weighted by Crippen LogP contribution is 2.11. The Balaban J connectivity index is 1.91. The Morgan fingerprint density at radius 1 is 1.30 bits per heavy atom. The fraction of sp³-hybridized carbons (Fsp3) is 0.444. The molecule has 0 spiro atoms. The topological polar surface area (TPSA) is 47.4 Å². The number of methoxy groups -OCH3 is 1. The summed E-state index contributed by atoms with van der Waals surface area (Å²) in [4.78, 5) is 18.6. The minimum Gasteiger partial charge on any atom is -0.383 e. The van der Waals surface area contributed by atoms with Gasteiger partial charge in [-0.1, -0.05) is 30.3 Å². The highest BCUT2D eigenvalue weighted by Gasteiger charge is 2.21. The van der Waals surface area contributed by atoms with Crippen molar-refractivity contribution in [2.75, 3.05) is 26.8 Å². The number of aromatic nitrogens is 2. The van der Waals surface area contributed by atoms with Crippen molar-refractivity contribution in [1.82, 2.24) is 14.5 Å². The van der Waals surface area contributed by atoms with Gasteiger partial charge in [0.05, 0.1) is 12.9 Å². The number of hydrogen-bond acceptors (Lipinski definition) is 3. The van der Waals surface area contributed by atoms with Crippen LogP contribution in [0, 0.1) is 0 Å². The maximum absolute atomic E-state index is 12.7. The third-order valence-corrected chi connectivity index (χ3v) is 3.94. The molecule has 1 atom stereocenters. The predicted octanol–water partition coefficient (Wildman–Crippen LogP) is 2.55. The van der Waals surface area contributed by atoms with E-state index in [4.69, 9.17) is 4.74 Å². The molecule has 0 bridgehead atoms. The summed E-state index contributed by atoms with van der Waals surface area (Å²) in [6, 6.07) is 10.1. The number of hydrogen-bond donors (Lipinski definition) is 0. The summed E-state index contributed by atoms with van der Waals surface area (Å²) in [6.07, 6.45) is 7.11. The zero-order chi connectivity index (χ0) is 16.5. The van der Waals surface area contributed by atoms with Gasteiger partial charge in [-0.3, -0.25) is 4.79 Å². The molecular weight excluding hydrogens is 290 g/mol. The van der Waals surface area contributed by atoms with Crippen molar-refractivity contribution in [2.45, 2.75) is 25.8 Å². The number of benzene rings is 1. The third kappa shape index (κ3) is 5.21. The Kier molecular flexibility index (Phi) is 6.81. The fourth-order valence-electron chi connectivity index (χ4n) is 2.54. The molecule has 1 aromatic carbocycles. The second-order valence-corrected chi connectivity index (χ2v) is 5.59. The lowest BCUT2D eigenvalue weighted by molar-refractivity contribution is -0.135. The molecule has 0 saturated heterocycles. The normalized spacial score (nSPS) is 12.1. The molecule has 0 aliphatic heterocycles. The molecule has 1 heterocycles. The highest BCUT2D eigenvalue weighted by atomic mass is 16.5. The molecular formula is C18H25N3O2. The second-order valence-electron chi connectivity index (χ2n) is 5.59. The summed E-state index contributed by atoms with van der Waals surface area (Å²) in [5.74, 6) is 0.105. The molecule has 0 radical (unpaired) electrons. The first-order chi connectivity index (χ1) is 11.2. The quantitative estimate of drug-likeness (QED) is 0.714. The minimum absolute atomic E-state index is 0.105. The van der Waals surface area contributed by atoms with Crippen LogP contribution in [-0.4, -0.2) is 47.2 Å². The van der Waals surface area contributed by atoms with Gasteiger partial charge >= 0.3 is 0 Å². The number of carbonyl (C=O) groups is 1. The SMILES string of the molecule is COCCN(CCCc1ccccc1)C(=O)[C@@H](C)n1ccnc1. The molecule has 1 aromatic heterocycles. The molecule has 124 valence electrons. The van der Waals surface area contributed by atoms with Crippen LogP contribution >= 0.6 is 0 Å². The Morgan fingerprint density at radius 3 is 2.74 bits per heavy atom. The van der Waals surface area contributed by atoms with Crippen molar-refractivity contribution >= 4 is 5.91 Å². The second kappa shape index (κ2) is 9.10. The lowest BCUT2D eigenvalue weighted by atomic mass is 10.1. The van der Waals surface area contributed by atoms with Gasteiger partial charge in [0, 0.05) is 32.6 Å². The van der Waals surface area contributed by atoms with Crippen molar-refractivity contribution < 1.29 is 9.53 Å². The molecule has 2 aromatic rings. The molecule has 23 heavy (non-hydrogen) atoms. The molecule has 0 N–H and O–H groups in total. The summed E-state index contributed by atoms with van der Waals surface area (Å²) >= 11 is 0. The average Bonchev–Trinajstić information content (AvgIpc) is 3.12. The average molecular weight is 315 g/mol. The molecule has 0 unspecified atom stereocenters. The molecule has 0 aliphatic rings. The van der Waals surface area contributed by atoms with Crippen LogP contribution in [0.5, 0.6) is 0 Å². The number of ether oxygens (including phenoxy) is 1. The molecule has 2 rings (SSSR count). The first kappa shape index (κ1) is 17.2. The molecule has 5 nitrogen and oxygen atoms in total. The Labute approximate surface area is 137 Å². The lowest BCUT2D eigenvalue weighted by Crippen LogP contribution is -2.39. The number of rotatable bonds is 9. The maximum atomic E-state index is 12.7. The number of amides is 1. The number of aryl methyl sites for hydroxylation is 1. The van der Waals surface area contributed by atoms with Gasteiger partial charge in [0.1, 0.15) is 6.04 Å². The monoisotopic (exact) mass is 315 g/mol. The van der Waals surface area contributed by atoms with E-state index in [9.17, 15) is 4.79 Å². The summed E-state index contributed by atoms with van der Waals surface area (Å²) in [5, 5.41) is 0. The molecule has 5 heteroatoms. The van der Waals surface area contributed by atoms with Crippen LogP contribution < -0.4 is 0 Å². The van der Waals surface area contributed by atoms with Crippen LogP contribution in [0.25, 0.3) is 0 Å². The number of imidazole rings is 1. The first-order valence-corrected chi connectivity index (χ1v) is 8.01. The van der Waals surface area contributed by atoms with E-state index in [1.54, 1.807) is 19.6 Å². The van der Waals surface area contributed by atoms with E-state index in [2.05, 4.69) is 17.1 Å². The number of nitrogens with zero attached hydrogens (tertiary/aromatic N) is 3. The van der Waals surface area contributed by atoms with Crippen LogP contribution in [0.3, 0.4) is 0 Å². The van der Waals surface area contributed by atoms with Crippen molar-refractivity contribution in [2.24, 2.45) is 0 Å². The summed E-state index contributed by atoms with van der Waals surface area (Å²) in [6.45, 7) is 3.80. The van der Waals surface area contributed by atoms with E-state index in [0.29, 0.717) is 13.2 Å². The van der Waals surface area contributed by atoms with Gasteiger partial charge in [-0.2, -0.15) is 0 Å². The van der Waals surface area contributed by atoms with Gasteiger partial charge in [-0.25, -0.2) is 4.98 Å². The summed E-state index contributed by atoms with van der Waals surface area (Å²) < 4.78 is 6.98. The van der Waals surface area contributed by atoms with E-state index in [-0.39, 0.29) is 11.9 Å². The largest absolute Gasteiger partial charge is 0.383 e. The fourth-order valence-corrected chi connectivity index (χ4v) is 2.54. The van der Waals surface area contributed by atoms with Crippen LogP contribution in [0.1, 0.15) is 24.9 Å². The van der Waals surface area contributed by atoms with Crippen molar-refractivity contribution in [1.29, 1.82) is 0 Å². The minimum atomic E-state index is -0.244. The van der Waals surface area contributed by atoms with E-state index in [1.807, 2.05) is 40.8 Å².